The molecule has 2 aromatic carbocycles. The zero-order valence-corrected chi connectivity index (χ0v) is 11.0. The molecule has 0 unspecified atom stereocenters. The molecule has 0 aliphatic heterocycles. The van der Waals surface area contributed by atoms with Crippen LogP contribution in [0.2, 0.25) is 0 Å². The Hall–Kier alpha value is -2.56. The predicted octanol–water partition coefficient (Wildman–Crippen LogP) is 2.55. The van der Waals surface area contributed by atoms with E-state index in [2.05, 4.69) is 5.32 Å². The number of hydrogen-bond donors (Lipinski definition) is 2. The summed E-state index contributed by atoms with van der Waals surface area (Å²) in [7, 11) is 1.57. The molecule has 0 heterocycles. The first-order valence-electron chi connectivity index (χ1n) is 6.07. The fourth-order valence-electron chi connectivity index (χ4n) is 1.83. The topological polar surface area (TPSA) is 64.3 Å². The molecule has 0 aromatic heterocycles. The first-order chi connectivity index (χ1) is 9.61. The zero-order chi connectivity index (χ0) is 14.5. The van der Waals surface area contributed by atoms with E-state index >= 15 is 0 Å². The van der Waals surface area contributed by atoms with Gasteiger partial charge in [-0.1, -0.05) is 18.2 Å². The minimum absolute atomic E-state index is 0.156. The number of carbonyl (C=O) groups excluding carboxylic acids is 1. The van der Waals surface area contributed by atoms with Crippen LogP contribution in [0.15, 0.2) is 42.5 Å². The standard InChI is InChI=1S/C15H15FN2O2/c1-20-14-5-3-2-4-13(14)18-9-11-7-6-10(15(17)19)8-12(11)16/h2-8,18H,9H2,1H3,(H2,17,19). The number of benzene rings is 2. The maximum Gasteiger partial charge on any atom is 0.248 e. The van der Waals surface area contributed by atoms with Crippen LogP contribution < -0.4 is 15.8 Å². The number of para-hydroxylation sites is 2. The minimum atomic E-state index is -0.645. The Morgan fingerprint density at radius 2 is 2.05 bits per heavy atom. The van der Waals surface area contributed by atoms with Gasteiger partial charge < -0.3 is 15.8 Å². The van der Waals surface area contributed by atoms with E-state index in [1.54, 1.807) is 7.11 Å². The minimum Gasteiger partial charge on any atom is -0.495 e. The SMILES string of the molecule is COc1ccccc1NCc1ccc(C(N)=O)cc1F. The molecule has 0 fully saturated rings. The molecule has 3 N–H and O–H groups in total. The van der Waals surface area contributed by atoms with Gasteiger partial charge in [-0.3, -0.25) is 4.79 Å². The van der Waals surface area contributed by atoms with Gasteiger partial charge in [0.05, 0.1) is 12.8 Å². The van der Waals surface area contributed by atoms with Crippen LogP contribution in [0.1, 0.15) is 15.9 Å². The van der Waals surface area contributed by atoms with Crippen LogP contribution in [0.4, 0.5) is 10.1 Å². The van der Waals surface area contributed by atoms with E-state index in [1.807, 2.05) is 24.3 Å². The maximum absolute atomic E-state index is 13.8. The van der Waals surface area contributed by atoms with Crippen molar-refractivity contribution in [1.82, 2.24) is 0 Å². The molecule has 0 aliphatic rings. The van der Waals surface area contributed by atoms with E-state index < -0.39 is 11.7 Å². The van der Waals surface area contributed by atoms with Crippen molar-refractivity contribution in [2.24, 2.45) is 5.73 Å². The summed E-state index contributed by atoms with van der Waals surface area (Å²) in [5.41, 5.74) is 6.47. The Labute approximate surface area is 116 Å². The van der Waals surface area contributed by atoms with E-state index in [1.165, 1.54) is 12.1 Å². The number of rotatable bonds is 5. The molecule has 0 spiro atoms. The Bertz CT molecular complexity index is 629. The summed E-state index contributed by atoms with van der Waals surface area (Å²) in [5, 5.41) is 3.09. The summed E-state index contributed by atoms with van der Waals surface area (Å²) in [5.74, 6) is -0.432. The molecule has 1 amide bonds. The average molecular weight is 274 g/mol. The van der Waals surface area contributed by atoms with Crippen LogP contribution in [-0.4, -0.2) is 13.0 Å². The van der Waals surface area contributed by atoms with Crippen molar-refractivity contribution >= 4 is 11.6 Å². The quantitative estimate of drug-likeness (QED) is 0.880. The number of methoxy groups -OCH3 is 1. The number of nitrogens with one attached hydrogen (secondary N) is 1. The van der Waals surface area contributed by atoms with Crippen LogP contribution in [0, 0.1) is 5.82 Å². The lowest BCUT2D eigenvalue weighted by molar-refractivity contribution is 0.1000. The smallest absolute Gasteiger partial charge is 0.248 e. The first-order valence-corrected chi connectivity index (χ1v) is 6.07. The van der Waals surface area contributed by atoms with Crippen molar-refractivity contribution < 1.29 is 13.9 Å². The molecule has 0 radical (unpaired) electrons. The summed E-state index contributed by atoms with van der Waals surface area (Å²) >= 11 is 0. The number of carbonyl (C=O) groups is 1. The maximum atomic E-state index is 13.8. The van der Waals surface area contributed by atoms with Crippen molar-refractivity contribution in [3.63, 3.8) is 0 Å². The molecule has 0 atom stereocenters. The third-order valence-corrected chi connectivity index (χ3v) is 2.91. The average Bonchev–Trinajstić information content (AvgIpc) is 2.46. The van der Waals surface area contributed by atoms with Gasteiger partial charge in [-0.2, -0.15) is 0 Å². The zero-order valence-electron chi connectivity index (χ0n) is 11.0. The lowest BCUT2D eigenvalue weighted by atomic mass is 10.1. The van der Waals surface area contributed by atoms with E-state index in [-0.39, 0.29) is 12.1 Å². The monoisotopic (exact) mass is 274 g/mol. The van der Waals surface area contributed by atoms with Gasteiger partial charge in [0.15, 0.2) is 0 Å². The molecular weight excluding hydrogens is 259 g/mol. The highest BCUT2D eigenvalue weighted by Gasteiger charge is 2.08. The molecular formula is C15H15FN2O2. The summed E-state index contributed by atoms with van der Waals surface area (Å²) in [4.78, 5) is 11.0. The first kappa shape index (κ1) is 13.9. The molecule has 0 bridgehead atoms. The van der Waals surface area contributed by atoms with Gasteiger partial charge >= 0.3 is 0 Å². The number of amides is 1. The molecule has 0 saturated heterocycles. The molecule has 5 heteroatoms. The lowest BCUT2D eigenvalue weighted by Gasteiger charge is -2.11. The van der Waals surface area contributed by atoms with E-state index in [9.17, 15) is 9.18 Å². The second-order valence-corrected chi connectivity index (χ2v) is 4.22. The summed E-state index contributed by atoms with van der Waals surface area (Å²) in [6, 6.07) is 11.6. The molecule has 0 aliphatic carbocycles. The van der Waals surface area contributed by atoms with E-state index in [0.29, 0.717) is 11.3 Å². The third-order valence-electron chi connectivity index (χ3n) is 2.91. The number of halogens is 1. The van der Waals surface area contributed by atoms with Gasteiger partial charge in [0.1, 0.15) is 11.6 Å². The van der Waals surface area contributed by atoms with Crippen molar-refractivity contribution in [1.29, 1.82) is 0 Å². The number of nitrogens with two attached hydrogens (primary N) is 1. The Kier molecular flexibility index (Phi) is 4.20. The molecule has 4 nitrogen and oxygen atoms in total. The van der Waals surface area contributed by atoms with Gasteiger partial charge in [0.25, 0.3) is 0 Å². The number of hydrogen-bond acceptors (Lipinski definition) is 3. The number of primary amides is 1. The van der Waals surface area contributed by atoms with E-state index in [0.717, 1.165) is 11.8 Å². The molecule has 104 valence electrons. The van der Waals surface area contributed by atoms with Gasteiger partial charge in [-0.15, -0.1) is 0 Å². The second-order valence-electron chi connectivity index (χ2n) is 4.22. The second kappa shape index (κ2) is 6.06. The van der Waals surface area contributed by atoms with Gasteiger partial charge in [-0.25, -0.2) is 4.39 Å². The number of anilines is 1. The van der Waals surface area contributed by atoms with Gasteiger partial charge in [0.2, 0.25) is 5.91 Å². The van der Waals surface area contributed by atoms with Crippen molar-refractivity contribution in [3.05, 3.63) is 59.4 Å². The summed E-state index contributed by atoms with van der Waals surface area (Å²) in [6.45, 7) is 0.283. The lowest BCUT2D eigenvalue weighted by Crippen LogP contribution is -2.12. The van der Waals surface area contributed by atoms with Crippen LogP contribution in [0.5, 0.6) is 5.75 Å². The Balaban J connectivity index is 2.13. The van der Waals surface area contributed by atoms with Crippen molar-refractivity contribution in [2.75, 3.05) is 12.4 Å². The van der Waals surface area contributed by atoms with Gasteiger partial charge in [0, 0.05) is 17.7 Å². The highest BCUT2D eigenvalue weighted by atomic mass is 19.1. The summed E-state index contributed by atoms with van der Waals surface area (Å²) in [6.07, 6.45) is 0. The fourth-order valence-corrected chi connectivity index (χ4v) is 1.83. The van der Waals surface area contributed by atoms with Crippen molar-refractivity contribution in [2.45, 2.75) is 6.54 Å². The predicted molar refractivity (Wildman–Crippen MR) is 75.2 cm³/mol. The van der Waals surface area contributed by atoms with Gasteiger partial charge in [-0.05, 0) is 24.3 Å². The normalized spacial score (nSPS) is 10.1. The van der Waals surface area contributed by atoms with Crippen LogP contribution in [-0.2, 0) is 6.54 Å². The van der Waals surface area contributed by atoms with Crippen LogP contribution in [0.3, 0.4) is 0 Å². The highest BCUT2D eigenvalue weighted by Crippen LogP contribution is 2.24. The summed E-state index contributed by atoms with van der Waals surface area (Å²) < 4.78 is 19.0. The molecule has 20 heavy (non-hydrogen) atoms. The van der Waals surface area contributed by atoms with Crippen LogP contribution >= 0.6 is 0 Å². The Morgan fingerprint density at radius 3 is 2.70 bits per heavy atom. The Morgan fingerprint density at radius 1 is 1.30 bits per heavy atom. The van der Waals surface area contributed by atoms with Crippen LogP contribution in [0.25, 0.3) is 0 Å². The van der Waals surface area contributed by atoms with E-state index in [4.69, 9.17) is 10.5 Å². The largest absolute Gasteiger partial charge is 0.495 e. The molecule has 2 rings (SSSR count). The molecule has 0 saturated carbocycles. The van der Waals surface area contributed by atoms with Crippen molar-refractivity contribution in [3.8, 4) is 5.75 Å². The highest BCUT2D eigenvalue weighted by molar-refractivity contribution is 5.92. The third kappa shape index (κ3) is 3.06. The molecule has 2 aromatic rings. The number of ether oxygens (including phenoxy) is 1. The fraction of sp³-hybridized carbons (Fsp3) is 0.133.